The van der Waals surface area contributed by atoms with Crippen LogP contribution in [-0.4, -0.2) is 61.0 Å². The van der Waals surface area contributed by atoms with Gasteiger partial charge in [0.2, 0.25) is 5.91 Å². The van der Waals surface area contributed by atoms with Crippen LogP contribution in [0.2, 0.25) is 0 Å². The summed E-state index contributed by atoms with van der Waals surface area (Å²) in [5.74, 6) is -0.378. The Morgan fingerprint density at radius 2 is 1.59 bits per heavy atom. The lowest BCUT2D eigenvalue weighted by atomic mass is 9.98. The molecule has 1 unspecified atom stereocenters. The lowest BCUT2D eigenvalue weighted by molar-refractivity contribution is -0.146. The fraction of sp³-hybridized carbons (Fsp3) is 0.400. The first-order chi connectivity index (χ1) is 16.5. The summed E-state index contributed by atoms with van der Waals surface area (Å²) in [5.41, 5.74) is 4.50. The molecule has 182 valence electrons. The number of thioether (sulfide) groups is 1. The maximum atomic E-state index is 12.8. The minimum absolute atomic E-state index is 0.0750. The van der Waals surface area contributed by atoms with Crippen LogP contribution in [0.1, 0.15) is 30.4 Å². The van der Waals surface area contributed by atoms with E-state index in [9.17, 15) is 14.4 Å². The van der Waals surface area contributed by atoms with Crippen molar-refractivity contribution >= 4 is 42.4 Å². The van der Waals surface area contributed by atoms with Gasteiger partial charge in [0.1, 0.15) is 18.7 Å². The van der Waals surface area contributed by atoms with E-state index in [-0.39, 0.29) is 24.9 Å². The number of fused-ring (bicyclic) bond motifs is 3. The highest BCUT2D eigenvalue weighted by atomic mass is 32.2. The van der Waals surface area contributed by atoms with E-state index in [4.69, 9.17) is 9.47 Å². The number of carbonyl (C=O) groups excluding carboxylic acids is 3. The Labute approximate surface area is 209 Å². The lowest BCUT2D eigenvalue weighted by Crippen LogP contribution is -2.53. The second kappa shape index (κ2) is 12.7. The molecule has 0 saturated heterocycles. The molecular formula is C25H30N2O5S2. The molecular weight excluding hydrogens is 472 g/mol. The highest BCUT2D eigenvalue weighted by Crippen LogP contribution is 2.44. The summed E-state index contributed by atoms with van der Waals surface area (Å²) in [6, 6.07) is 14.4. The molecule has 0 heterocycles. The number of alkyl carbamates (subject to hydrolysis) is 1. The highest BCUT2D eigenvalue weighted by Gasteiger charge is 2.30. The smallest absolute Gasteiger partial charge is 0.407 e. The van der Waals surface area contributed by atoms with Gasteiger partial charge in [0, 0.05) is 11.7 Å². The van der Waals surface area contributed by atoms with Gasteiger partial charge in [-0.05, 0) is 47.6 Å². The summed E-state index contributed by atoms with van der Waals surface area (Å²) in [6.45, 7) is 2.04. The SMILES string of the molecule is CCOC(=O)C(CS)NC(=O)[C@H](CCSC)NC(=O)OCC1c2ccccc2-c2ccccc21. The molecule has 0 radical (unpaired) electrons. The first-order valence-corrected chi connectivity index (χ1v) is 13.2. The number of esters is 1. The third kappa shape index (κ3) is 6.27. The largest absolute Gasteiger partial charge is 0.464 e. The number of benzene rings is 2. The van der Waals surface area contributed by atoms with E-state index >= 15 is 0 Å². The van der Waals surface area contributed by atoms with Crippen molar-refractivity contribution in [1.29, 1.82) is 0 Å². The summed E-state index contributed by atoms with van der Waals surface area (Å²) >= 11 is 5.68. The quantitative estimate of drug-likeness (QED) is 0.321. The van der Waals surface area contributed by atoms with Crippen molar-refractivity contribution in [3.05, 3.63) is 59.7 Å². The van der Waals surface area contributed by atoms with E-state index in [0.717, 1.165) is 22.3 Å². The molecule has 7 nitrogen and oxygen atoms in total. The zero-order valence-electron chi connectivity index (χ0n) is 19.3. The van der Waals surface area contributed by atoms with Crippen LogP contribution in [0.3, 0.4) is 0 Å². The predicted octanol–water partition coefficient (Wildman–Crippen LogP) is 3.62. The van der Waals surface area contributed by atoms with Gasteiger partial charge < -0.3 is 20.1 Å². The summed E-state index contributed by atoms with van der Waals surface area (Å²) in [5, 5.41) is 5.28. The zero-order chi connectivity index (χ0) is 24.5. The number of ether oxygens (including phenoxy) is 2. The number of amides is 2. The molecule has 2 aromatic rings. The average molecular weight is 503 g/mol. The van der Waals surface area contributed by atoms with Crippen molar-refractivity contribution in [3.63, 3.8) is 0 Å². The summed E-state index contributed by atoms with van der Waals surface area (Å²) in [6.07, 6.45) is 1.62. The van der Waals surface area contributed by atoms with E-state index in [1.165, 1.54) is 0 Å². The standard InChI is InChI=1S/C25H30N2O5S2/c1-3-31-24(29)22(15-33)26-23(28)21(12-13-34-2)27-25(30)32-14-20-18-10-6-4-8-16(18)17-9-5-7-11-19(17)20/h4-11,20-22,33H,3,12-15H2,1-2H3,(H,26,28)(H,27,30)/t21-,22?/m0/s1. The van der Waals surface area contributed by atoms with Crippen LogP contribution in [0.25, 0.3) is 11.1 Å². The fourth-order valence-corrected chi connectivity index (χ4v) is 4.69. The van der Waals surface area contributed by atoms with Crippen molar-refractivity contribution in [3.8, 4) is 11.1 Å². The number of hydrogen-bond donors (Lipinski definition) is 3. The Bertz CT molecular complexity index is 971. The molecule has 0 spiro atoms. The zero-order valence-corrected chi connectivity index (χ0v) is 21.0. The average Bonchev–Trinajstić information content (AvgIpc) is 3.17. The van der Waals surface area contributed by atoms with Gasteiger partial charge in [-0.3, -0.25) is 4.79 Å². The van der Waals surface area contributed by atoms with E-state index in [2.05, 4.69) is 35.4 Å². The molecule has 9 heteroatoms. The summed E-state index contributed by atoms with van der Waals surface area (Å²) < 4.78 is 10.5. The Morgan fingerprint density at radius 3 is 2.15 bits per heavy atom. The molecule has 0 bridgehead atoms. The van der Waals surface area contributed by atoms with Crippen molar-refractivity contribution in [2.45, 2.75) is 31.3 Å². The van der Waals surface area contributed by atoms with Crippen LogP contribution in [0.4, 0.5) is 4.79 Å². The van der Waals surface area contributed by atoms with Gasteiger partial charge in [-0.1, -0.05) is 48.5 Å². The maximum Gasteiger partial charge on any atom is 0.407 e. The van der Waals surface area contributed by atoms with Crippen molar-refractivity contribution in [1.82, 2.24) is 10.6 Å². The second-order valence-electron chi connectivity index (χ2n) is 7.80. The van der Waals surface area contributed by atoms with Crippen LogP contribution in [0, 0.1) is 0 Å². The first kappa shape index (κ1) is 26.0. The minimum Gasteiger partial charge on any atom is -0.464 e. The third-order valence-electron chi connectivity index (χ3n) is 5.63. The Balaban J connectivity index is 1.64. The van der Waals surface area contributed by atoms with E-state index < -0.39 is 30.1 Å². The molecule has 2 aromatic carbocycles. The van der Waals surface area contributed by atoms with Crippen molar-refractivity contribution < 1.29 is 23.9 Å². The van der Waals surface area contributed by atoms with E-state index in [0.29, 0.717) is 12.2 Å². The topological polar surface area (TPSA) is 93.7 Å². The Morgan fingerprint density at radius 1 is 0.971 bits per heavy atom. The molecule has 2 N–H and O–H groups in total. The van der Waals surface area contributed by atoms with Crippen LogP contribution in [0.15, 0.2) is 48.5 Å². The molecule has 34 heavy (non-hydrogen) atoms. The molecule has 3 rings (SSSR count). The van der Waals surface area contributed by atoms with Crippen LogP contribution in [0.5, 0.6) is 0 Å². The first-order valence-electron chi connectivity index (χ1n) is 11.2. The lowest BCUT2D eigenvalue weighted by Gasteiger charge is -2.22. The Hall–Kier alpha value is -2.65. The number of carbonyl (C=O) groups is 3. The van der Waals surface area contributed by atoms with Gasteiger partial charge in [-0.2, -0.15) is 24.4 Å². The van der Waals surface area contributed by atoms with Crippen LogP contribution < -0.4 is 10.6 Å². The van der Waals surface area contributed by atoms with Gasteiger partial charge in [0.25, 0.3) is 0 Å². The van der Waals surface area contributed by atoms with Gasteiger partial charge >= 0.3 is 12.1 Å². The van der Waals surface area contributed by atoms with Gasteiger partial charge in [0.05, 0.1) is 6.61 Å². The maximum absolute atomic E-state index is 12.8. The van der Waals surface area contributed by atoms with Crippen LogP contribution in [-0.2, 0) is 19.1 Å². The number of hydrogen-bond acceptors (Lipinski definition) is 7. The molecule has 1 aliphatic carbocycles. The van der Waals surface area contributed by atoms with E-state index in [1.54, 1.807) is 18.7 Å². The normalized spacial score (nSPS) is 13.9. The number of thiol groups is 1. The summed E-state index contributed by atoms with van der Waals surface area (Å²) in [7, 11) is 0. The molecule has 0 aliphatic heterocycles. The van der Waals surface area contributed by atoms with Crippen molar-refractivity contribution in [2.24, 2.45) is 0 Å². The monoisotopic (exact) mass is 502 g/mol. The van der Waals surface area contributed by atoms with Gasteiger partial charge in [-0.15, -0.1) is 0 Å². The molecule has 0 fully saturated rings. The minimum atomic E-state index is -0.892. The fourth-order valence-electron chi connectivity index (χ4n) is 3.98. The van der Waals surface area contributed by atoms with Crippen LogP contribution >= 0.6 is 24.4 Å². The Kier molecular flexibility index (Phi) is 9.71. The highest BCUT2D eigenvalue weighted by molar-refractivity contribution is 7.98. The van der Waals surface area contributed by atoms with Gasteiger partial charge in [0.15, 0.2) is 0 Å². The number of nitrogens with one attached hydrogen (secondary N) is 2. The molecule has 0 saturated carbocycles. The summed E-state index contributed by atoms with van der Waals surface area (Å²) in [4.78, 5) is 37.5. The number of rotatable bonds is 11. The molecule has 2 atom stereocenters. The second-order valence-corrected chi connectivity index (χ2v) is 9.15. The molecule has 1 aliphatic rings. The molecule has 2 amide bonds. The van der Waals surface area contributed by atoms with Crippen molar-refractivity contribution in [2.75, 3.05) is 31.0 Å². The third-order valence-corrected chi connectivity index (χ3v) is 6.64. The van der Waals surface area contributed by atoms with Gasteiger partial charge in [-0.25, -0.2) is 9.59 Å². The van der Waals surface area contributed by atoms with E-state index in [1.807, 2.05) is 42.7 Å². The molecule has 0 aromatic heterocycles. The predicted molar refractivity (Wildman–Crippen MR) is 137 cm³/mol.